The topological polar surface area (TPSA) is 61.8 Å². The Bertz CT molecular complexity index is 1320. The lowest BCUT2D eigenvalue weighted by Gasteiger charge is -2.26. The molecule has 0 aliphatic carbocycles. The van der Waals surface area contributed by atoms with E-state index in [1.54, 1.807) is 23.2 Å². The van der Waals surface area contributed by atoms with Gasteiger partial charge in [0.1, 0.15) is 0 Å². The normalized spacial score (nSPS) is 16.7. The van der Waals surface area contributed by atoms with Gasteiger partial charge in [0.25, 0.3) is 0 Å². The molecule has 1 N–H and O–H groups in total. The van der Waals surface area contributed by atoms with Crippen molar-refractivity contribution >= 4 is 39.1 Å². The van der Waals surface area contributed by atoms with Gasteiger partial charge in [-0.05, 0) is 48.1 Å². The van der Waals surface area contributed by atoms with E-state index in [-0.39, 0.29) is 10.8 Å². The predicted molar refractivity (Wildman–Crippen MR) is 140 cm³/mol. The van der Waals surface area contributed by atoms with E-state index in [9.17, 15) is 8.42 Å². The van der Waals surface area contributed by atoms with Crippen molar-refractivity contribution in [2.75, 3.05) is 12.8 Å². The van der Waals surface area contributed by atoms with Gasteiger partial charge in [0.2, 0.25) is 10.0 Å². The van der Waals surface area contributed by atoms with Crippen LogP contribution in [0.1, 0.15) is 16.7 Å². The Balaban J connectivity index is 1.63. The summed E-state index contributed by atoms with van der Waals surface area (Å²) in [7, 11) is -3.86. The van der Waals surface area contributed by atoms with Crippen LogP contribution in [0.5, 0.6) is 0 Å². The molecule has 3 aromatic carbocycles. The number of nitrogens with zero attached hydrogens (tertiary/aromatic N) is 2. The van der Waals surface area contributed by atoms with Crippen LogP contribution in [0.25, 0.3) is 0 Å². The molecule has 174 valence electrons. The number of sulfonamides is 1. The first kappa shape index (κ1) is 24.4. The number of halogens is 1. The molecule has 3 aromatic rings. The van der Waals surface area contributed by atoms with Crippen molar-refractivity contribution in [3.63, 3.8) is 0 Å². The van der Waals surface area contributed by atoms with Gasteiger partial charge in [-0.15, -0.1) is 18.2 Å². The van der Waals surface area contributed by atoms with Crippen LogP contribution in [0.2, 0.25) is 5.02 Å². The van der Waals surface area contributed by atoms with Gasteiger partial charge < -0.3 is 0 Å². The van der Waals surface area contributed by atoms with Crippen LogP contribution in [-0.2, 0) is 16.4 Å². The molecule has 0 radical (unpaired) electrons. The van der Waals surface area contributed by atoms with Crippen molar-refractivity contribution in [1.82, 2.24) is 9.73 Å². The Morgan fingerprint density at radius 1 is 1.12 bits per heavy atom. The smallest absolute Gasteiger partial charge is 0.244 e. The fourth-order valence-electron chi connectivity index (χ4n) is 3.94. The summed E-state index contributed by atoms with van der Waals surface area (Å²) in [5.74, 6) is 2.54. The highest BCUT2D eigenvalue weighted by atomic mass is 35.5. The van der Waals surface area contributed by atoms with E-state index >= 15 is 0 Å². The molecule has 0 saturated heterocycles. The summed E-state index contributed by atoms with van der Waals surface area (Å²) in [6.07, 6.45) is 8.16. The second kappa shape index (κ2) is 10.7. The van der Waals surface area contributed by atoms with E-state index in [1.807, 2.05) is 48.7 Å². The Labute approximate surface area is 210 Å². The second-order valence-corrected chi connectivity index (χ2v) is 10.9. The van der Waals surface area contributed by atoms with Gasteiger partial charge in [-0.1, -0.05) is 72.1 Å². The monoisotopic (exact) mass is 509 g/mol. The van der Waals surface area contributed by atoms with Crippen LogP contribution < -0.4 is 4.72 Å². The summed E-state index contributed by atoms with van der Waals surface area (Å²) < 4.78 is 29.2. The molecule has 1 aliphatic heterocycles. The molecule has 2 unspecified atom stereocenters. The lowest BCUT2D eigenvalue weighted by Crippen LogP contribution is -2.43. The maximum atomic E-state index is 13.2. The molecule has 5 nitrogen and oxygen atoms in total. The van der Waals surface area contributed by atoms with E-state index in [0.29, 0.717) is 17.1 Å². The predicted octanol–water partition coefficient (Wildman–Crippen LogP) is 4.83. The molecular formula is C26H24ClN3O2S2. The summed E-state index contributed by atoms with van der Waals surface area (Å²) in [5, 5.41) is 7.33. The first-order valence-electron chi connectivity index (χ1n) is 10.7. The largest absolute Gasteiger partial charge is 0.268 e. The third-order valence-electron chi connectivity index (χ3n) is 5.58. The van der Waals surface area contributed by atoms with E-state index < -0.39 is 15.5 Å². The first-order valence-corrected chi connectivity index (χ1v) is 13.8. The summed E-state index contributed by atoms with van der Waals surface area (Å²) >= 11 is 7.46. The average molecular weight is 510 g/mol. The van der Waals surface area contributed by atoms with Gasteiger partial charge >= 0.3 is 0 Å². The van der Waals surface area contributed by atoms with Crippen molar-refractivity contribution in [1.29, 1.82) is 0 Å². The van der Waals surface area contributed by atoms with Crippen LogP contribution in [0.15, 0.2) is 88.9 Å². The SMILES string of the molecule is C#Cc1ccccc1S(=O)(=O)NC(SC)N1CC(Cc2ccccc2)C(c2ccc(Cl)cc2)=N1. The molecule has 1 heterocycles. The molecule has 1 aliphatic rings. The number of hydrogen-bond donors (Lipinski definition) is 1. The molecule has 0 saturated carbocycles. The minimum Gasteiger partial charge on any atom is -0.268 e. The lowest BCUT2D eigenvalue weighted by molar-refractivity contribution is 0.266. The average Bonchev–Trinajstić information content (AvgIpc) is 3.27. The number of hydrazone groups is 1. The minimum absolute atomic E-state index is 0.0819. The number of hydrogen-bond acceptors (Lipinski definition) is 5. The molecule has 0 aromatic heterocycles. The van der Waals surface area contributed by atoms with Crippen LogP contribution in [0.3, 0.4) is 0 Å². The molecule has 8 heteroatoms. The van der Waals surface area contributed by atoms with E-state index in [2.05, 4.69) is 22.8 Å². The van der Waals surface area contributed by atoms with Crippen molar-refractivity contribution in [2.45, 2.75) is 16.8 Å². The lowest BCUT2D eigenvalue weighted by atomic mass is 9.91. The van der Waals surface area contributed by atoms with Gasteiger partial charge in [-0.25, -0.2) is 8.42 Å². The molecule has 34 heavy (non-hydrogen) atoms. The van der Waals surface area contributed by atoms with E-state index in [0.717, 1.165) is 17.7 Å². The van der Waals surface area contributed by atoms with Gasteiger partial charge in [0.15, 0.2) is 5.50 Å². The number of terminal acetylenes is 1. The zero-order chi connectivity index (χ0) is 24.1. The Morgan fingerprint density at radius 2 is 1.79 bits per heavy atom. The van der Waals surface area contributed by atoms with Crippen molar-refractivity contribution < 1.29 is 8.42 Å². The fourth-order valence-corrected chi connectivity index (χ4v) is 6.40. The second-order valence-electron chi connectivity index (χ2n) is 7.85. The van der Waals surface area contributed by atoms with Crippen molar-refractivity contribution in [2.24, 2.45) is 11.0 Å². The van der Waals surface area contributed by atoms with Gasteiger partial charge in [-0.2, -0.15) is 9.82 Å². The zero-order valence-corrected chi connectivity index (χ0v) is 20.9. The summed E-state index contributed by atoms with van der Waals surface area (Å²) in [6, 6.07) is 24.3. The highest BCUT2D eigenvalue weighted by Gasteiger charge is 2.34. The van der Waals surface area contributed by atoms with Crippen LogP contribution >= 0.6 is 23.4 Å². The highest BCUT2D eigenvalue weighted by Crippen LogP contribution is 2.28. The zero-order valence-electron chi connectivity index (χ0n) is 18.6. The molecular weight excluding hydrogens is 486 g/mol. The standard InChI is InChI=1S/C26H24ClN3O2S2/c1-3-20-11-7-8-12-24(20)34(31,32)29-26(33-2)30-18-22(17-19-9-5-4-6-10-19)25(28-30)21-13-15-23(27)16-14-21/h1,4-16,22,26,29H,17-18H2,2H3. The minimum atomic E-state index is -3.86. The molecule has 0 fully saturated rings. The van der Waals surface area contributed by atoms with Crippen LogP contribution in [-0.4, -0.2) is 37.4 Å². The van der Waals surface area contributed by atoms with E-state index in [4.69, 9.17) is 23.1 Å². The molecule has 0 bridgehead atoms. The third-order valence-corrected chi connectivity index (χ3v) is 8.25. The highest BCUT2D eigenvalue weighted by molar-refractivity contribution is 8.00. The van der Waals surface area contributed by atoms with E-state index in [1.165, 1.54) is 23.4 Å². The molecule has 2 atom stereocenters. The van der Waals surface area contributed by atoms with Crippen LogP contribution in [0.4, 0.5) is 0 Å². The van der Waals surface area contributed by atoms with Gasteiger partial charge in [-0.3, -0.25) is 5.01 Å². The van der Waals surface area contributed by atoms with Crippen LogP contribution in [0, 0.1) is 18.3 Å². The van der Waals surface area contributed by atoms with Gasteiger partial charge in [0.05, 0.1) is 10.6 Å². The molecule has 0 amide bonds. The maximum Gasteiger partial charge on any atom is 0.244 e. The Morgan fingerprint density at radius 3 is 2.47 bits per heavy atom. The van der Waals surface area contributed by atoms with Crippen molar-refractivity contribution in [3.8, 4) is 12.3 Å². The Kier molecular flexibility index (Phi) is 7.64. The fraction of sp³-hybridized carbons (Fsp3) is 0.192. The van der Waals surface area contributed by atoms with Gasteiger partial charge in [0, 0.05) is 23.0 Å². The third kappa shape index (κ3) is 5.48. The Hall–Kier alpha value is -2.76. The number of rotatable bonds is 8. The quantitative estimate of drug-likeness (QED) is 0.349. The maximum absolute atomic E-state index is 13.2. The summed E-state index contributed by atoms with van der Waals surface area (Å²) in [6.45, 7) is 0.567. The summed E-state index contributed by atoms with van der Waals surface area (Å²) in [5.41, 5.74) is 2.79. The first-order chi connectivity index (χ1) is 16.4. The number of nitrogens with one attached hydrogen (secondary N) is 1. The summed E-state index contributed by atoms with van der Waals surface area (Å²) in [4.78, 5) is 0.0819. The van der Waals surface area contributed by atoms with Crippen molar-refractivity contribution in [3.05, 3.63) is 101 Å². The molecule has 4 rings (SSSR count). The molecule has 0 spiro atoms. The number of benzene rings is 3. The number of thioether (sulfide) groups is 1.